The molecule has 324 valence electrons. The highest BCUT2D eigenvalue weighted by Gasteiger charge is 2.63. The maximum atomic E-state index is 14.7. The van der Waals surface area contributed by atoms with E-state index in [1.807, 2.05) is 6.08 Å². The van der Waals surface area contributed by atoms with Crippen molar-refractivity contribution in [3.63, 3.8) is 0 Å². The number of hydrogen-bond donors (Lipinski definition) is 4. The summed E-state index contributed by atoms with van der Waals surface area (Å²) in [5.74, 6) is -5.33. The van der Waals surface area contributed by atoms with E-state index in [0.29, 0.717) is 32.1 Å². The number of halogens is 3. The molecule has 7 rings (SSSR count). The van der Waals surface area contributed by atoms with Gasteiger partial charge in [0.1, 0.15) is 34.7 Å². The molecule has 2 aromatic rings. The monoisotopic (exact) mass is 858 g/mol. The number of alkyl carbamates (subject to hydrolysis) is 1. The number of pyridine rings is 1. The Bertz CT molecular complexity index is 2210. The molecule has 6 atom stereocenters. The normalized spacial score (nSPS) is 27.9. The molecule has 0 radical (unpaired) electrons. The van der Waals surface area contributed by atoms with Gasteiger partial charge in [0.2, 0.25) is 21.8 Å². The molecular formula is C41H49F3N6O9S. The van der Waals surface area contributed by atoms with E-state index >= 15 is 0 Å². The predicted molar refractivity (Wildman–Crippen MR) is 209 cm³/mol. The molecule has 0 bridgehead atoms. The van der Waals surface area contributed by atoms with E-state index in [1.54, 1.807) is 26.8 Å². The summed E-state index contributed by atoms with van der Waals surface area (Å²) in [5, 5.41) is 14.7. The molecule has 1 aromatic carbocycles. The first-order valence-corrected chi connectivity index (χ1v) is 21.7. The largest absolute Gasteiger partial charge is 0.507 e. The van der Waals surface area contributed by atoms with Gasteiger partial charge in [-0.3, -0.25) is 23.9 Å². The van der Waals surface area contributed by atoms with Gasteiger partial charge in [-0.15, -0.1) is 0 Å². The SMILES string of the molecule is CC(C)(C)OC(=O)N[C@H]1CCCCC/C=C\[C@@H]2C[C@@]2(C(=O)NS(=O)(=O)C2CC2)NC(=O)[C@@H]2[C@H]3CN(C(=O)c4cccc(-c5ccc(O)c(C(F)(F)F)c5)n4)C[C@H]3CN2C1=O. The number of likely N-dealkylation sites (tertiary alicyclic amines) is 1. The van der Waals surface area contributed by atoms with E-state index in [9.17, 15) is 50.7 Å². The average molecular weight is 859 g/mol. The van der Waals surface area contributed by atoms with Crippen molar-refractivity contribution in [3.05, 3.63) is 59.8 Å². The number of rotatable bonds is 6. The lowest BCUT2D eigenvalue weighted by Crippen LogP contribution is -2.60. The van der Waals surface area contributed by atoms with E-state index in [-0.39, 0.29) is 49.4 Å². The Morgan fingerprint density at radius 3 is 2.45 bits per heavy atom. The number of benzene rings is 1. The summed E-state index contributed by atoms with van der Waals surface area (Å²) in [6.45, 7) is 5.08. The van der Waals surface area contributed by atoms with E-state index in [4.69, 9.17) is 4.74 Å². The van der Waals surface area contributed by atoms with Crippen LogP contribution in [0.25, 0.3) is 11.3 Å². The van der Waals surface area contributed by atoms with Gasteiger partial charge < -0.3 is 30.3 Å². The van der Waals surface area contributed by atoms with Crippen LogP contribution in [-0.2, 0) is 35.3 Å². The number of carbonyl (C=O) groups is 5. The number of allylic oxidation sites excluding steroid dienone is 1. The molecule has 0 spiro atoms. The van der Waals surface area contributed by atoms with Gasteiger partial charge in [0.05, 0.1) is 16.5 Å². The van der Waals surface area contributed by atoms with Crippen LogP contribution in [0.3, 0.4) is 0 Å². The summed E-state index contributed by atoms with van der Waals surface area (Å²) >= 11 is 0. The molecule has 19 heteroatoms. The van der Waals surface area contributed by atoms with Crippen molar-refractivity contribution >= 4 is 39.7 Å². The number of aromatic hydroxyl groups is 1. The minimum Gasteiger partial charge on any atom is -0.507 e. The van der Waals surface area contributed by atoms with Crippen molar-refractivity contribution in [2.75, 3.05) is 19.6 Å². The van der Waals surface area contributed by atoms with Gasteiger partial charge in [-0.2, -0.15) is 13.2 Å². The van der Waals surface area contributed by atoms with Gasteiger partial charge in [0.25, 0.3) is 11.8 Å². The number of carbonyl (C=O) groups excluding carboxylic acids is 5. The van der Waals surface area contributed by atoms with Crippen LogP contribution >= 0.6 is 0 Å². The van der Waals surface area contributed by atoms with Gasteiger partial charge in [-0.05, 0) is 89.6 Å². The third kappa shape index (κ3) is 9.10. The number of phenolic OH excluding ortho intramolecular Hbond substituents is 1. The standard InChI is InChI=1S/C41H49F3N6O9S/c1-39(2,3)59-38(56)46-31-11-8-6-4-5-7-10-25-19-40(25,37(55)48-60(57,58)26-15-16-26)47-34(52)33-27-22-49(20-24(27)21-50(33)36(31)54)35(53)30-13-9-12-29(45-30)23-14-17-32(51)28(18-23)41(42,43)44/h7,9-10,12-14,17-18,24-27,31,33,51H,4-6,8,11,15-16,19-22H2,1-3H3,(H,46,56)(H,47,52)(H,48,55)/b10-7-/t24-,25+,27-,31-,33-,40+/m0/s1. The van der Waals surface area contributed by atoms with Crippen molar-refractivity contribution in [2.45, 2.75) is 107 Å². The maximum Gasteiger partial charge on any atom is 0.419 e. The molecule has 4 fully saturated rings. The number of hydrogen-bond acceptors (Lipinski definition) is 10. The summed E-state index contributed by atoms with van der Waals surface area (Å²) in [5.41, 5.74) is -3.77. The molecule has 0 unspecified atom stereocenters. The Balaban J connectivity index is 1.18. The fraction of sp³-hybridized carbons (Fsp3) is 0.561. The van der Waals surface area contributed by atoms with Gasteiger partial charge in [0, 0.05) is 43.0 Å². The Morgan fingerprint density at radius 1 is 1.00 bits per heavy atom. The number of ether oxygens (including phenoxy) is 1. The number of nitrogens with zero attached hydrogens (tertiary/aromatic N) is 3. The minimum absolute atomic E-state index is 0.00233. The molecule has 5 amide bonds. The van der Waals surface area contributed by atoms with Gasteiger partial charge in [-0.1, -0.05) is 31.1 Å². The smallest absolute Gasteiger partial charge is 0.419 e. The van der Waals surface area contributed by atoms with Crippen molar-refractivity contribution in [1.29, 1.82) is 0 Å². The molecular weight excluding hydrogens is 810 g/mol. The van der Waals surface area contributed by atoms with Gasteiger partial charge in [-0.25, -0.2) is 18.2 Å². The Morgan fingerprint density at radius 2 is 1.75 bits per heavy atom. The highest BCUT2D eigenvalue weighted by atomic mass is 32.2. The van der Waals surface area contributed by atoms with Crippen LogP contribution in [0.5, 0.6) is 5.75 Å². The zero-order valence-electron chi connectivity index (χ0n) is 33.5. The quantitative estimate of drug-likeness (QED) is 0.304. The minimum atomic E-state index is -4.84. The van der Waals surface area contributed by atoms with Gasteiger partial charge in [0.15, 0.2) is 0 Å². The molecule has 5 aliphatic rings. The average Bonchev–Trinajstić information content (AvgIpc) is 4.06. The molecule has 2 saturated carbocycles. The number of amides is 5. The van der Waals surface area contributed by atoms with Gasteiger partial charge >= 0.3 is 12.3 Å². The number of fused-ring (bicyclic) bond motifs is 4. The molecule has 4 N–H and O–H groups in total. The third-order valence-electron chi connectivity index (χ3n) is 11.8. The Kier molecular flexibility index (Phi) is 11.4. The number of aromatic nitrogens is 1. The molecule has 2 aliphatic carbocycles. The van der Waals surface area contributed by atoms with Crippen LogP contribution in [0.2, 0.25) is 0 Å². The van der Waals surface area contributed by atoms with Crippen LogP contribution in [0.4, 0.5) is 18.0 Å². The predicted octanol–water partition coefficient (Wildman–Crippen LogP) is 4.27. The maximum absolute atomic E-state index is 14.7. The Hall–Kier alpha value is -5.20. The van der Waals surface area contributed by atoms with Crippen molar-refractivity contribution in [2.24, 2.45) is 17.8 Å². The highest BCUT2D eigenvalue weighted by Crippen LogP contribution is 2.47. The third-order valence-corrected chi connectivity index (χ3v) is 13.6. The summed E-state index contributed by atoms with van der Waals surface area (Å²) in [6.07, 6.45) is 1.86. The molecule has 60 heavy (non-hydrogen) atoms. The second-order valence-electron chi connectivity index (χ2n) is 17.4. The second-order valence-corrected chi connectivity index (χ2v) is 19.4. The van der Waals surface area contributed by atoms with E-state index in [1.165, 1.54) is 34.1 Å². The van der Waals surface area contributed by atoms with Crippen LogP contribution in [0.15, 0.2) is 48.6 Å². The number of phenols is 1. The molecule has 4 heterocycles. The lowest BCUT2D eigenvalue weighted by Gasteiger charge is -2.33. The van der Waals surface area contributed by atoms with E-state index in [0.717, 1.165) is 18.6 Å². The Labute approximate surface area is 345 Å². The highest BCUT2D eigenvalue weighted by molar-refractivity contribution is 7.91. The zero-order valence-corrected chi connectivity index (χ0v) is 34.3. The zero-order chi connectivity index (χ0) is 43.4. The molecule has 15 nitrogen and oxygen atoms in total. The van der Waals surface area contributed by atoms with Crippen LogP contribution in [0.1, 0.15) is 88.2 Å². The first-order chi connectivity index (χ1) is 28.2. The molecule has 2 saturated heterocycles. The lowest BCUT2D eigenvalue weighted by atomic mass is 9.93. The number of nitrogens with one attached hydrogen (secondary N) is 3. The number of sulfonamides is 1. The topological polar surface area (TPSA) is 204 Å². The first kappa shape index (κ1) is 42.9. The summed E-state index contributed by atoms with van der Waals surface area (Å²) in [7, 11) is -3.98. The van der Waals surface area contributed by atoms with Crippen LogP contribution < -0.4 is 15.4 Å². The van der Waals surface area contributed by atoms with Crippen molar-refractivity contribution in [1.82, 2.24) is 30.1 Å². The lowest BCUT2D eigenvalue weighted by molar-refractivity contribution is -0.142. The van der Waals surface area contributed by atoms with Crippen LogP contribution in [-0.4, -0.2) is 106 Å². The summed E-state index contributed by atoms with van der Waals surface area (Å²) in [4.78, 5) is 77.3. The fourth-order valence-corrected chi connectivity index (χ4v) is 9.85. The van der Waals surface area contributed by atoms with Crippen molar-refractivity contribution < 1.29 is 55.4 Å². The molecule has 3 aliphatic heterocycles. The second kappa shape index (κ2) is 16.0. The van der Waals surface area contributed by atoms with Crippen molar-refractivity contribution in [3.8, 4) is 17.0 Å². The van der Waals surface area contributed by atoms with E-state index < -0.39 is 103 Å². The summed E-state index contributed by atoms with van der Waals surface area (Å²) in [6, 6.07) is 4.86. The molecule has 1 aromatic heterocycles. The fourth-order valence-electron chi connectivity index (χ4n) is 8.49. The number of alkyl halides is 3. The summed E-state index contributed by atoms with van der Waals surface area (Å²) < 4.78 is 74.2. The van der Waals surface area contributed by atoms with E-state index in [2.05, 4.69) is 20.3 Å². The first-order valence-electron chi connectivity index (χ1n) is 20.2. The van der Waals surface area contributed by atoms with Crippen LogP contribution in [0, 0.1) is 17.8 Å².